The Labute approximate surface area is 160 Å². The van der Waals surface area contributed by atoms with Gasteiger partial charge >= 0.3 is 0 Å². The van der Waals surface area contributed by atoms with Gasteiger partial charge in [-0.05, 0) is 29.7 Å². The number of amides is 2. The lowest BCUT2D eigenvalue weighted by Crippen LogP contribution is -2.42. The minimum Gasteiger partial charge on any atom is -0.492 e. The van der Waals surface area contributed by atoms with E-state index >= 15 is 0 Å². The van der Waals surface area contributed by atoms with Gasteiger partial charge in [0.25, 0.3) is 0 Å². The summed E-state index contributed by atoms with van der Waals surface area (Å²) in [5, 5.41) is 0. The highest BCUT2D eigenvalue weighted by Crippen LogP contribution is 2.32. The molecule has 0 fully saturated rings. The van der Waals surface area contributed by atoms with Crippen LogP contribution in [0.2, 0.25) is 0 Å². The molecule has 2 aromatic carbocycles. The van der Waals surface area contributed by atoms with Crippen LogP contribution in [0.25, 0.3) is 0 Å². The Morgan fingerprint density at radius 1 is 1.11 bits per heavy atom. The maximum Gasteiger partial charge on any atom is 0.224 e. The van der Waals surface area contributed by atoms with Crippen molar-refractivity contribution in [2.24, 2.45) is 0 Å². The average Bonchev–Trinajstić information content (AvgIpc) is 2.68. The van der Waals surface area contributed by atoms with Crippen molar-refractivity contribution in [1.82, 2.24) is 9.80 Å². The molecule has 27 heavy (non-hydrogen) atoms. The third kappa shape index (κ3) is 4.67. The van der Waals surface area contributed by atoms with Gasteiger partial charge in [0.05, 0.1) is 19.0 Å². The molecule has 0 aromatic heterocycles. The first-order chi connectivity index (χ1) is 13.1. The van der Waals surface area contributed by atoms with Crippen molar-refractivity contribution >= 4 is 11.8 Å². The van der Waals surface area contributed by atoms with Crippen LogP contribution in [0.1, 0.15) is 30.5 Å². The molecule has 3 rings (SSSR count). The Bertz CT molecular complexity index is 791. The van der Waals surface area contributed by atoms with E-state index in [2.05, 4.69) is 6.07 Å². The van der Waals surface area contributed by atoms with Crippen molar-refractivity contribution < 1.29 is 14.3 Å². The highest BCUT2D eigenvalue weighted by Gasteiger charge is 2.31. The molecule has 1 aliphatic heterocycles. The first-order valence-corrected chi connectivity index (χ1v) is 9.33. The zero-order valence-electron chi connectivity index (χ0n) is 15.9. The van der Waals surface area contributed by atoms with Crippen LogP contribution in [0, 0.1) is 0 Å². The van der Waals surface area contributed by atoms with Crippen LogP contribution in [0.15, 0.2) is 54.6 Å². The largest absolute Gasteiger partial charge is 0.492 e. The number of nitrogens with zero attached hydrogens (tertiary/aromatic N) is 2. The van der Waals surface area contributed by atoms with Crippen molar-refractivity contribution in [3.63, 3.8) is 0 Å². The van der Waals surface area contributed by atoms with Gasteiger partial charge in [-0.3, -0.25) is 9.59 Å². The van der Waals surface area contributed by atoms with E-state index < -0.39 is 0 Å². The second-order valence-corrected chi connectivity index (χ2v) is 6.86. The third-order valence-electron chi connectivity index (χ3n) is 5.05. The molecule has 2 amide bonds. The number of fused-ring (bicyclic) bond motifs is 1. The lowest BCUT2D eigenvalue weighted by molar-refractivity contribution is -0.136. The molecule has 142 valence electrons. The van der Waals surface area contributed by atoms with Gasteiger partial charge in [-0.25, -0.2) is 0 Å². The predicted octanol–water partition coefficient (Wildman–Crippen LogP) is 3.06. The van der Waals surface area contributed by atoms with Gasteiger partial charge in [-0.2, -0.15) is 0 Å². The molecule has 0 saturated carbocycles. The topological polar surface area (TPSA) is 49.9 Å². The van der Waals surface area contributed by atoms with Gasteiger partial charge in [0.1, 0.15) is 12.4 Å². The Hall–Kier alpha value is -2.82. The summed E-state index contributed by atoms with van der Waals surface area (Å²) in [6, 6.07) is 17.5. The van der Waals surface area contributed by atoms with Crippen LogP contribution in [0.3, 0.4) is 0 Å². The van der Waals surface area contributed by atoms with Crippen LogP contribution < -0.4 is 4.74 Å². The molecule has 1 heterocycles. The molecule has 0 saturated heterocycles. The molecule has 5 nitrogen and oxygen atoms in total. The number of hydrogen-bond donors (Lipinski definition) is 0. The molecule has 0 spiro atoms. The Morgan fingerprint density at radius 2 is 1.81 bits per heavy atom. The Balaban J connectivity index is 1.61. The van der Waals surface area contributed by atoms with E-state index in [1.54, 1.807) is 18.9 Å². The molecule has 1 unspecified atom stereocenters. The van der Waals surface area contributed by atoms with Crippen LogP contribution in [0.4, 0.5) is 0 Å². The SMILES string of the molecule is CC(=O)N1CCc2ccccc2C1CC(=O)N(C)CCOc1ccccc1. The summed E-state index contributed by atoms with van der Waals surface area (Å²) in [7, 11) is 1.78. The number of hydrogen-bond acceptors (Lipinski definition) is 3. The van der Waals surface area contributed by atoms with E-state index in [4.69, 9.17) is 4.74 Å². The van der Waals surface area contributed by atoms with Gasteiger partial charge in [0, 0.05) is 20.5 Å². The summed E-state index contributed by atoms with van der Waals surface area (Å²) in [5.41, 5.74) is 2.31. The van der Waals surface area contributed by atoms with E-state index in [9.17, 15) is 9.59 Å². The summed E-state index contributed by atoms with van der Waals surface area (Å²) in [6.45, 7) is 3.17. The van der Waals surface area contributed by atoms with Crippen molar-refractivity contribution in [3.05, 3.63) is 65.7 Å². The number of rotatable bonds is 6. The fraction of sp³-hybridized carbons (Fsp3) is 0.364. The van der Waals surface area contributed by atoms with Gasteiger partial charge < -0.3 is 14.5 Å². The number of ether oxygens (including phenoxy) is 1. The van der Waals surface area contributed by atoms with Crippen LogP contribution in [-0.2, 0) is 16.0 Å². The van der Waals surface area contributed by atoms with Crippen molar-refractivity contribution in [3.8, 4) is 5.75 Å². The Morgan fingerprint density at radius 3 is 2.56 bits per heavy atom. The van der Waals surface area contributed by atoms with Gasteiger partial charge in [-0.15, -0.1) is 0 Å². The molecule has 0 radical (unpaired) electrons. The monoisotopic (exact) mass is 366 g/mol. The van der Waals surface area contributed by atoms with E-state index in [1.807, 2.05) is 53.4 Å². The summed E-state index contributed by atoms with van der Waals surface area (Å²) >= 11 is 0. The second kappa shape index (κ2) is 8.71. The number of carbonyl (C=O) groups excluding carboxylic acids is 2. The molecule has 1 aliphatic rings. The zero-order chi connectivity index (χ0) is 19.2. The first-order valence-electron chi connectivity index (χ1n) is 9.33. The summed E-state index contributed by atoms with van der Waals surface area (Å²) in [5.74, 6) is 0.819. The molecule has 0 aliphatic carbocycles. The Kier molecular flexibility index (Phi) is 6.12. The molecule has 1 atom stereocenters. The third-order valence-corrected chi connectivity index (χ3v) is 5.05. The van der Waals surface area contributed by atoms with Crippen LogP contribution >= 0.6 is 0 Å². The minimum atomic E-state index is -0.197. The fourth-order valence-electron chi connectivity index (χ4n) is 3.51. The average molecular weight is 366 g/mol. The van der Waals surface area contributed by atoms with Gasteiger partial charge in [-0.1, -0.05) is 42.5 Å². The van der Waals surface area contributed by atoms with E-state index in [0.717, 1.165) is 17.7 Å². The second-order valence-electron chi connectivity index (χ2n) is 6.86. The predicted molar refractivity (Wildman–Crippen MR) is 104 cm³/mol. The zero-order valence-corrected chi connectivity index (χ0v) is 15.9. The van der Waals surface area contributed by atoms with Crippen molar-refractivity contribution in [2.75, 3.05) is 26.7 Å². The number of likely N-dealkylation sites (N-methyl/N-ethyl adjacent to an activating group) is 1. The number of para-hydroxylation sites is 1. The van der Waals surface area contributed by atoms with E-state index in [1.165, 1.54) is 5.56 Å². The summed E-state index contributed by atoms with van der Waals surface area (Å²) < 4.78 is 5.67. The maximum absolute atomic E-state index is 12.8. The highest BCUT2D eigenvalue weighted by molar-refractivity contribution is 5.79. The van der Waals surface area contributed by atoms with Crippen molar-refractivity contribution in [2.45, 2.75) is 25.8 Å². The standard InChI is InChI=1S/C22H26N2O3/c1-17(25)24-13-12-18-8-6-7-11-20(18)21(24)16-22(26)23(2)14-15-27-19-9-4-3-5-10-19/h3-11,21H,12-16H2,1-2H3. The molecule has 5 heteroatoms. The summed E-state index contributed by atoms with van der Waals surface area (Å²) in [4.78, 5) is 28.3. The van der Waals surface area contributed by atoms with Gasteiger partial charge in [0.15, 0.2) is 0 Å². The molecule has 0 N–H and O–H groups in total. The molecular formula is C22H26N2O3. The molecule has 2 aromatic rings. The fourth-order valence-corrected chi connectivity index (χ4v) is 3.51. The first kappa shape index (κ1) is 19.0. The number of carbonyl (C=O) groups is 2. The highest BCUT2D eigenvalue weighted by atomic mass is 16.5. The lowest BCUT2D eigenvalue weighted by Gasteiger charge is -2.37. The minimum absolute atomic E-state index is 0.0115. The van der Waals surface area contributed by atoms with Crippen LogP contribution in [0.5, 0.6) is 5.75 Å². The van der Waals surface area contributed by atoms with Crippen molar-refractivity contribution in [1.29, 1.82) is 0 Å². The summed E-state index contributed by atoms with van der Waals surface area (Å²) in [6.07, 6.45) is 1.12. The smallest absolute Gasteiger partial charge is 0.224 e. The normalized spacial score (nSPS) is 15.8. The van der Waals surface area contributed by atoms with Crippen LogP contribution in [-0.4, -0.2) is 48.4 Å². The quantitative estimate of drug-likeness (QED) is 0.789. The van der Waals surface area contributed by atoms with E-state index in [-0.39, 0.29) is 17.9 Å². The molecular weight excluding hydrogens is 340 g/mol. The molecule has 0 bridgehead atoms. The maximum atomic E-state index is 12.8. The number of benzene rings is 2. The lowest BCUT2D eigenvalue weighted by atomic mass is 9.90. The van der Waals surface area contributed by atoms with Gasteiger partial charge in [0.2, 0.25) is 11.8 Å². The van der Waals surface area contributed by atoms with E-state index in [0.29, 0.717) is 26.1 Å².